The number of pyridine rings is 1. The van der Waals surface area contributed by atoms with Crippen LogP contribution in [0.2, 0.25) is 0 Å². The number of anilines is 1. The summed E-state index contributed by atoms with van der Waals surface area (Å²) in [6.07, 6.45) is 1.70. The summed E-state index contributed by atoms with van der Waals surface area (Å²) in [6, 6.07) is 3.64. The molecule has 1 heterocycles. The third kappa shape index (κ3) is 4.26. The number of aromatic nitrogens is 1. The molecule has 0 aromatic carbocycles. The lowest BCUT2D eigenvalue weighted by atomic mass is 10.2. The molecule has 3 N–H and O–H groups in total. The SMILES string of the molecule is CN(CCOCCO)c1ncccc1C(N)=S. The molecule has 0 saturated carbocycles. The van der Waals surface area contributed by atoms with Crippen molar-refractivity contribution in [1.29, 1.82) is 0 Å². The lowest BCUT2D eigenvalue weighted by molar-refractivity contribution is 0.0970. The number of ether oxygens (including phenoxy) is 1. The summed E-state index contributed by atoms with van der Waals surface area (Å²) in [5.41, 5.74) is 6.39. The van der Waals surface area contributed by atoms with Crippen LogP contribution in [0.15, 0.2) is 18.3 Å². The van der Waals surface area contributed by atoms with E-state index in [2.05, 4.69) is 4.98 Å². The topological polar surface area (TPSA) is 71.6 Å². The summed E-state index contributed by atoms with van der Waals surface area (Å²) < 4.78 is 5.19. The highest BCUT2D eigenvalue weighted by Crippen LogP contribution is 2.15. The zero-order valence-corrected chi connectivity index (χ0v) is 10.6. The molecule has 0 unspecified atom stereocenters. The first-order valence-corrected chi connectivity index (χ1v) is 5.72. The van der Waals surface area contributed by atoms with Gasteiger partial charge in [0.05, 0.1) is 25.4 Å². The minimum Gasteiger partial charge on any atom is -0.394 e. The number of hydrogen-bond acceptors (Lipinski definition) is 5. The molecule has 1 rings (SSSR count). The van der Waals surface area contributed by atoms with Gasteiger partial charge in [-0.15, -0.1) is 0 Å². The van der Waals surface area contributed by atoms with Crippen LogP contribution < -0.4 is 10.6 Å². The summed E-state index contributed by atoms with van der Waals surface area (Å²) >= 11 is 4.97. The zero-order valence-electron chi connectivity index (χ0n) is 9.80. The van der Waals surface area contributed by atoms with E-state index < -0.39 is 0 Å². The summed E-state index contributed by atoms with van der Waals surface area (Å²) in [5.74, 6) is 0.743. The van der Waals surface area contributed by atoms with Crippen molar-refractivity contribution in [1.82, 2.24) is 4.98 Å². The summed E-state index contributed by atoms with van der Waals surface area (Å²) in [7, 11) is 1.90. The number of rotatable bonds is 7. The predicted molar refractivity (Wildman–Crippen MR) is 71.3 cm³/mol. The highest BCUT2D eigenvalue weighted by Gasteiger charge is 2.10. The fraction of sp³-hybridized carbons (Fsp3) is 0.455. The number of thiocarbonyl (C=S) groups is 1. The van der Waals surface area contributed by atoms with Crippen molar-refractivity contribution in [2.75, 3.05) is 38.3 Å². The molecule has 0 bridgehead atoms. The van der Waals surface area contributed by atoms with E-state index in [4.69, 9.17) is 27.8 Å². The van der Waals surface area contributed by atoms with Gasteiger partial charge in [0.25, 0.3) is 0 Å². The maximum atomic E-state index is 8.58. The normalized spacial score (nSPS) is 10.2. The molecule has 0 aliphatic carbocycles. The van der Waals surface area contributed by atoms with E-state index >= 15 is 0 Å². The Bertz CT molecular complexity index is 373. The monoisotopic (exact) mass is 255 g/mol. The number of likely N-dealkylation sites (N-methyl/N-ethyl adjacent to an activating group) is 1. The van der Waals surface area contributed by atoms with Crippen LogP contribution in [-0.2, 0) is 4.74 Å². The molecule has 1 aromatic heterocycles. The largest absolute Gasteiger partial charge is 0.394 e. The maximum absolute atomic E-state index is 8.58. The highest BCUT2D eigenvalue weighted by atomic mass is 32.1. The van der Waals surface area contributed by atoms with Crippen LogP contribution >= 0.6 is 12.2 Å². The van der Waals surface area contributed by atoms with Crippen molar-refractivity contribution >= 4 is 23.0 Å². The third-order valence-electron chi connectivity index (χ3n) is 2.22. The minimum absolute atomic E-state index is 0.0332. The first kappa shape index (κ1) is 13.8. The Morgan fingerprint density at radius 3 is 3.00 bits per heavy atom. The van der Waals surface area contributed by atoms with E-state index in [0.717, 1.165) is 11.4 Å². The van der Waals surface area contributed by atoms with Gasteiger partial charge in [-0.05, 0) is 12.1 Å². The molecule has 0 saturated heterocycles. The average molecular weight is 255 g/mol. The van der Waals surface area contributed by atoms with Crippen LogP contribution in [0.5, 0.6) is 0 Å². The van der Waals surface area contributed by atoms with E-state index in [-0.39, 0.29) is 6.61 Å². The Labute approximate surface area is 106 Å². The van der Waals surface area contributed by atoms with Gasteiger partial charge in [-0.2, -0.15) is 0 Å². The van der Waals surface area contributed by atoms with E-state index in [1.165, 1.54) is 0 Å². The molecular weight excluding hydrogens is 238 g/mol. The lowest BCUT2D eigenvalue weighted by Gasteiger charge is -2.20. The van der Waals surface area contributed by atoms with E-state index in [0.29, 0.717) is 24.7 Å². The first-order chi connectivity index (χ1) is 8.16. The maximum Gasteiger partial charge on any atom is 0.138 e. The van der Waals surface area contributed by atoms with Gasteiger partial charge in [0, 0.05) is 19.8 Å². The van der Waals surface area contributed by atoms with Crippen LogP contribution in [0.25, 0.3) is 0 Å². The molecule has 94 valence electrons. The first-order valence-electron chi connectivity index (χ1n) is 5.31. The van der Waals surface area contributed by atoms with Gasteiger partial charge in [-0.25, -0.2) is 4.98 Å². The second kappa shape index (κ2) is 7.16. The van der Waals surface area contributed by atoms with Crippen LogP contribution in [-0.4, -0.2) is 48.5 Å². The molecule has 1 aromatic rings. The number of aliphatic hydroxyl groups excluding tert-OH is 1. The number of aliphatic hydroxyl groups is 1. The van der Waals surface area contributed by atoms with Gasteiger partial charge < -0.3 is 20.5 Å². The minimum atomic E-state index is 0.0332. The molecule has 0 spiro atoms. The molecule has 6 heteroatoms. The number of nitrogens with two attached hydrogens (primary N) is 1. The predicted octanol–water partition coefficient (Wildman–Crippen LogP) is 0.161. The molecule has 5 nitrogen and oxygen atoms in total. The fourth-order valence-electron chi connectivity index (χ4n) is 1.37. The van der Waals surface area contributed by atoms with Crippen LogP contribution in [0.1, 0.15) is 5.56 Å². The Balaban J connectivity index is 2.62. The quantitative estimate of drug-likeness (QED) is 0.534. The van der Waals surface area contributed by atoms with Gasteiger partial charge >= 0.3 is 0 Å². The Morgan fingerprint density at radius 1 is 1.59 bits per heavy atom. The standard InChI is InChI=1S/C11H17N3O2S/c1-14(5-7-16-8-6-15)11-9(10(12)17)3-2-4-13-11/h2-4,15H,5-8H2,1H3,(H2,12,17). The molecule has 0 aliphatic rings. The van der Waals surface area contributed by atoms with Crippen molar-refractivity contribution < 1.29 is 9.84 Å². The lowest BCUT2D eigenvalue weighted by Crippen LogP contribution is -2.27. The Hall–Kier alpha value is -1.24. The zero-order chi connectivity index (χ0) is 12.7. The molecular formula is C11H17N3O2S. The molecule has 0 radical (unpaired) electrons. The Kier molecular flexibility index (Phi) is 5.82. The highest BCUT2D eigenvalue weighted by molar-refractivity contribution is 7.80. The summed E-state index contributed by atoms with van der Waals surface area (Å²) in [5, 5.41) is 8.58. The van der Waals surface area contributed by atoms with E-state index in [1.54, 1.807) is 12.3 Å². The van der Waals surface area contributed by atoms with Crippen LogP contribution in [0.4, 0.5) is 5.82 Å². The Morgan fingerprint density at radius 2 is 2.35 bits per heavy atom. The molecule has 0 fully saturated rings. The summed E-state index contributed by atoms with van der Waals surface area (Å²) in [4.78, 5) is 6.50. The average Bonchev–Trinajstić information content (AvgIpc) is 2.34. The molecule has 0 amide bonds. The second-order valence-electron chi connectivity index (χ2n) is 3.50. The van der Waals surface area contributed by atoms with Gasteiger partial charge in [-0.3, -0.25) is 0 Å². The van der Waals surface area contributed by atoms with Gasteiger partial charge in [0.2, 0.25) is 0 Å². The molecule has 0 atom stereocenters. The van der Waals surface area contributed by atoms with E-state index in [9.17, 15) is 0 Å². The van der Waals surface area contributed by atoms with Crippen molar-refractivity contribution in [2.45, 2.75) is 0 Å². The number of nitrogens with zero attached hydrogens (tertiary/aromatic N) is 2. The fourth-order valence-corrected chi connectivity index (χ4v) is 1.53. The number of hydrogen-bond donors (Lipinski definition) is 2. The second-order valence-corrected chi connectivity index (χ2v) is 3.94. The van der Waals surface area contributed by atoms with Crippen molar-refractivity contribution in [3.63, 3.8) is 0 Å². The molecule has 0 aliphatic heterocycles. The van der Waals surface area contributed by atoms with Crippen LogP contribution in [0.3, 0.4) is 0 Å². The van der Waals surface area contributed by atoms with Crippen LogP contribution in [0, 0.1) is 0 Å². The van der Waals surface area contributed by atoms with Crippen molar-refractivity contribution in [2.24, 2.45) is 5.73 Å². The third-order valence-corrected chi connectivity index (χ3v) is 2.44. The summed E-state index contributed by atoms with van der Waals surface area (Å²) in [6.45, 7) is 1.56. The van der Waals surface area contributed by atoms with Crippen molar-refractivity contribution in [3.8, 4) is 0 Å². The smallest absolute Gasteiger partial charge is 0.138 e. The molecule has 17 heavy (non-hydrogen) atoms. The van der Waals surface area contributed by atoms with Gasteiger partial charge in [0.1, 0.15) is 10.8 Å². The van der Waals surface area contributed by atoms with Gasteiger partial charge in [0.15, 0.2) is 0 Å². The van der Waals surface area contributed by atoms with Gasteiger partial charge in [-0.1, -0.05) is 12.2 Å². The van der Waals surface area contributed by atoms with E-state index in [1.807, 2.05) is 18.0 Å². The van der Waals surface area contributed by atoms with Crippen molar-refractivity contribution in [3.05, 3.63) is 23.9 Å².